The number of aryl methyl sites for hydroxylation is 2. The van der Waals surface area contributed by atoms with Crippen LogP contribution in [0.1, 0.15) is 73.5 Å². The van der Waals surface area contributed by atoms with Gasteiger partial charge in [0.2, 0.25) is 0 Å². The topological polar surface area (TPSA) is 48.5 Å². The number of hydrogen-bond donors (Lipinski definition) is 1. The molecule has 1 atom stereocenters. The van der Waals surface area contributed by atoms with Gasteiger partial charge in [0.25, 0.3) is 0 Å². The summed E-state index contributed by atoms with van der Waals surface area (Å²) in [7, 11) is 1.89. The molecule has 3 rings (SSSR count). The van der Waals surface area contributed by atoms with Gasteiger partial charge in [-0.05, 0) is 59.5 Å². The lowest BCUT2D eigenvalue weighted by Gasteiger charge is -2.44. The average Bonchev–Trinajstić information content (AvgIpc) is 3.26. The van der Waals surface area contributed by atoms with Gasteiger partial charge in [-0.3, -0.25) is 4.90 Å². The van der Waals surface area contributed by atoms with Crippen molar-refractivity contribution in [2.24, 2.45) is 0 Å². The molecule has 1 aromatic rings. The van der Waals surface area contributed by atoms with Crippen LogP contribution in [0.3, 0.4) is 0 Å². The molecule has 6 heteroatoms. The second-order valence-corrected chi connectivity index (χ2v) is 9.51. The highest BCUT2D eigenvalue weighted by atomic mass is 32.1. The van der Waals surface area contributed by atoms with E-state index in [0.717, 1.165) is 17.2 Å². The number of carbonyl (C=O) groups is 1. The lowest BCUT2D eigenvalue weighted by atomic mass is 9.92. The highest BCUT2D eigenvalue weighted by Gasteiger charge is 2.40. The predicted molar refractivity (Wildman–Crippen MR) is 108 cm³/mol. The zero-order valence-electron chi connectivity index (χ0n) is 16.8. The molecule has 1 N–H and O–H groups in total. The van der Waals surface area contributed by atoms with Crippen LogP contribution >= 0.6 is 11.3 Å². The third-order valence-corrected chi connectivity index (χ3v) is 7.27. The predicted octanol–water partition coefficient (Wildman–Crippen LogP) is 4.26. The molecule has 2 fully saturated rings. The van der Waals surface area contributed by atoms with Crippen LogP contribution in [0.25, 0.3) is 0 Å². The normalized spacial score (nSPS) is 21.5. The van der Waals surface area contributed by atoms with E-state index >= 15 is 0 Å². The molecule has 1 aromatic heterocycles. The number of piperidine rings is 1. The van der Waals surface area contributed by atoms with E-state index in [1.165, 1.54) is 62.9 Å². The number of carbonyl (C=O) groups excluding carboxylic acids is 1. The lowest BCUT2D eigenvalue weighted by molar-refractivity contribution is 0.0699. The van der Waals surface area contributed by atoms with Crippen molar-refractivity contribution in [2.75, 3.05) is 26.7 Å². The van der Waals surface area contributed by atoms with Crippen LogP contribution in [0, 0.1) is 13.8 Å². The Balaban J connectivity index is 1.62. The average molecular weight is 379 g/mol. The number of likely N-dealkylation sites (tertiary alicyclic amines) is 1. The molecule has 0 bridgehead atoms. The largest absolute Gasteiger partial charge is 0.336 e. The van der Waals surface area contributed by atoms with Crippen molar-refractivity contribution in [3.05, 3.63) is 15.6 Å². The molecule has 0 spiro atoms. The monoisotopic (exact) mass is 378 g/mol. The maximum absolute atomic E-state index is 12.8. The number of hydrogen-bond acceptors (Lipinski definition) is 4. The summed E-state index contributed by atoms with van der Waals surface area (Å²) in [4.78, 5) is 23.1. The molecular weight excluding hydrogens is 344 g/mol. The van der Waals surface area contributed by atoms with Gasteiger partial charge in [0.05, 0.1) is 16.7 Å². The van der Waals surface area contributed by atoms with Gasteiger partial charge in [-0.15, -0.1) is 11.3 Å². The third kappa shape index (κ3) is 4.06. The minimum atomic E-state index is -0.00513. The smallest absolute Gasteiger partial charge is 0.317 e. The second kappa shape index (κ2) is 8.26. The van der Waals surface area contributed by atoms with Crippen molar-refractivity contribution in [1.82, 2.24) is 20.1 Å². The fourth-order valence-electron chi connectivity index (χ4n) is 4.66. The molecule has 26 heavy (non-hydrogen) atoms. The standard InChI is InChI=1S/C20H34N4OS/c1-15(18-16(2)26-17(3)22-18)23(4)19(25)21-14-20(10-6-7-11-20)24-12-8-5-9-13-24/h15H,5-14H2,1-4H3,(H,21,25)/t15-/m1/s1. The van der Waals surface area contributed by atoms with Gasteiger partial charge in [-0.2, -0.15) is 0 Å². The minimum absolute atomic E-state index is 0.00513. The molecule has 5 nitrogen and oxygen atoms in total. The molecule has 0 unspecified atom stereocenters. The summed E-state index contributed by atoms with van der Waals surface area (Å²) < 4.78 is 0. The van der Waals surface area contributed by atoms with Gasteiger partial charge in [-0.1, -0.05) is 19.3 Å². The van der Waals surface area contributed by atoms with E-state index in [-0.39, 0.29) is 17.6 Å². The summed E-state index contributed by atoms with van der Waals surface area (Å²) in [5.41, 5.74) is 1.21. The summed E-state index contributed by atoms with van der Waals surface area (Å²) in [5.74, 6) is 0. The quantitative estimate of drug-likeness (QED) is 0.833. The van der Waals surface area contributed by atoms with Gasteiger partial charge < -0.3 is 10.2 Å². The van der Waals surface area contributed by atoms with Crippen molar-refractivity contribution >= 4 is 17.4 Å². The molecular formula is C20H34N4OS. The first-order valence-electron chi connectivity index (χ1n) is 10.1. The second-order valence-electron chi connectivity index (χ2n) is 8.10. The van der Waals surface area contributed by atoms with Crippen molar-refractivity contribution < 1.29 is 4.79 Å². The molecule has 2 amide bonds. The number of aromatic nitrogens is 1. The first-order chi connectivity index (χ1) is 12.4. The third-order valence-electron chi connectivity index (χ3n) is 6.37. The van der Waals surface area contributed by atoms with Gasteiger partial charge in [0, 0.05) is 24.0 Å². The van der Waals surface area contributed by atoms with Gasteiger partial charge in [0.15, 0.2) is 0 Å². The van der Waals surface area contributed by atoms with E-state index < -0.39 is 0 Å². The number of nitrogens with zero attached hydrogens (tertiary/aromatic N) is 3. The summed E-state index contributed by atoms with van der Waals surface area (Å²) in [6.45, 7) is 9.34. The fraction of sp³-hybridized carbons (Fsp3) is 0.800. The highest BCUT2D eigenvalue weighted by molar-refractivity contribution is 7.11. The van der Waals surface area contributed by atoms with E-state index in [2.05, 4.69) is 29.0 Å². The Morgan fingerprint density at radius 2 is 1.88 bits per heavy atom. The maximum Gasteiger partial charge on any atom is 0.317 e. The van der Waals surface area contributed by atoms with E-state index in [9.17, 15) is 4.79 Å². The zero-order valence-corrected chi connectivity index (χ0v) is 17.6. The zero-order chi connectivity index (χ0) is 18.7. The van der Waals surface area contributed by atoms with E-state index in [1.54, 1.807) is 16.2 Å². The fourth-order valence-corrected chi connectivity index (χ4v) is 5.57. The Bertz CT molecular complexity index is 617. The van der Waals surface area contributed by atoms with Crippen LogP contribution in [0.15, 0.2) is 0 Å². The Hall–Kier alpha value is -1.14. The Morgan fingerprint density at radius 3 is 2.46 bits per heavy atom. The number of urea groups is 1. The lowest BCUT2D eigenvalue weighted by Crippen LogP contribution is -2.56. The maximum atomic E-state index is 12.8. The molecule has 1 saturated carbocycles. The molecule has 0 radical (unpaired) electrons. The molecule has 1 aliphatic carbocycles. The number of nitrogens with one attached hydrogen (secondary N) is 1. The summed E-state index contributed by atoms with van der Waals surface area (Å²) >= 11 is 1.70. The summed E-state index contributed by atoms with van der Waals surface area (Å²) in [6, 6.07) is 0.0142. The van der Waals surface area contributed by atoms with Crippen molar-refractivity contribution in [1.29, 1.82) is 0 Å². The number of amides is 2. The highest BCUT2D eigenvalue weighted by Crippen LogP contribution is 2.36. The first-order valence-corrected chi connectivity index (χ1v) is 10.9. The van der Waals surface area contributed by atoms with Crippen LogP contribution in [0.2, 0.25) is 0 Å². The number of rotatable bonds is 5. The van der Waals surface area contributed by atoms with E-state index in [4.69, 9.17) is 0 Å². The molecule has 0 aromatic carbocycles. The summed E-state index contributed by atoms with van der Waals surface area (Å²) in [5, 5.41) is 4.32. The van der Waals surface area contributed by atoms with Crippen molar-refractivity contribution in [3.8, 4) is 0 Å². The van der Waals surface area contributed by atoms with E-state index in [1.807, 2.05) is 14.0 Å². The SMILES string of the molecule is Cc1nc([C@@H](C)N(C)C(=O)NCC2(N3CCCCC3)CCCC2)c(C)s1. The first kappa shape index (κ1) is 19.6. The van der Waals surface area contributed by atoms with E-state index in [0.29, 0.717) is 0 Å². The van der Waals surface area contributed by atoms with Gasteiger partial charge in [-0.25, -0.2) is 9.78 Å². The molecule has 2 heterocycles. The van der Waals surface area contributed by atoms with Crippen LogP contribution in [-0.2, 0) is 0 Å². The number of thiazole rings is 1. The van der Waals surface area contributed by atoms with Crippen LogP contribution in [0.4, 0.5) is 4.79 Å². The molecule has 2 aliphatic rings. The Labute approximate surface area is 162 Å². The Kier molecular flexibility index (Phi) is 6.23. The van der Waals surface area contributed by atoms with Crippen molar-refractivity contribution in [2.45, 2.75) is 77.3 Å². The van der Waals surface area contributed by atoms with Crippen molar-refractivity contribution in [3.63, 3.8) is 0 Å². The van der Waals surface area contributed by atoms with Crippen LogP contribution in [0.5, 0.6) is 0 Å². The molecule has 146 valence electrons. The van der Waals surface area contributed by atoms with Crippen LogP contribution < -0.4 is 5.32 Å². The molecule has 1 saturated heterocycles. The Morgan fingerprint density at radius 1 is 1.23 bits per heavy atom. The minimum Gasteiger partial charge on any atom is -0.336 e. The summed E-state index contributed by atoms with van der Waals surface area (Å²) in [6.07, 6.45) is 8.97. The van der Waals surface area contributed by atoms with Gasteiger partial charge >= 0.3 is 6.03 Å². The van der Waals surface area contributed by atoms with Gasteiger partial charge in [0.1, 0.15) is 0 Å². The van der Waals surface area contributed by atoms with Crippen LogP contribution in [-0.4, -0.2) is 53.0 Å². The molecule has 1 aliphatic heterocycles.